The number of fused-ring (bicyclic) bond motifs is 1. The molecule has 1 amide bonds. The molecule has 8 nitrogen and oxygen atoms in total. The van der Waals surface area contributed by atoms with E-state index in [4.69, 9.17) is 9.47 Å². The number of likely N-dealkylation sites (N-methyl/N-ethyl adjacent to an activating group) is 1. The van der Waals surface area contributed by atoms with E-state index in [-0.39, 0.29) is 12.7 Å². The molecule has 0 atom stereocenters. The van der Waals surface area contributed by atoms with Crippen molar-refractivity contribution in [3.8, 4) is 11.5 Å². The lowest BCUT2D eigenvalue weighted by atomic mass is 10.2. The second-order valence-electron chi connectivity index (χ2n) is 6.51. The molecule has 0 aliphatic carbocycles. The standard InChI is InChI=1S/C18H21N5O3/c1-12-9-14(21-18(19-12)23-7-5-22(2)6-8-23)17(24)20-13-3-4-15-16(10-13)26-11-25-15/h3-4,9-10H,5-8,11H2,1-2H3,(H,20,24). The Kier molecular flexibility index (Phi) is 4.34. The lowest BCUT2D eigenvalue weighted by Crippen LogP contribution is -2.45. The Bertz CT molecular complexity index is 834. The number of ether oxygens (including phenoxy) is 2. The van der Waals surface area contributed by atoms with Crippen LogP contribution in [0.4, 0.5) is 11.6 Å². The second kappa shape index (κ2) is 6.80. The molecule has 26 heavy (non-hydrogen) atoms. The van der Waals surface area contributed by atoms with Crippen molar-refractivity contribution >= 4 is 17.5 Å². The first-order valence-corrected chi connectivity index (χ1v) is 8.59. The van der Waals surface area contributed by atoms with Crippen LogP contribution in [0.5, 0.6) is 11.5 Å². The molecule has 1 aromatic carbocycles. The number of aryl methyl sites for hydroxylation is 1. The Labute approximate surface area is 151 Å². The van der Waals surface area contributed by atoms with Gasteiger partial charge in [0, 0.05) is 43.6 Å². The molecule has 2 aliphatic heterocycles. The van der Waals surface area contributed by atoms with Gasteiger partial charge in [-0.1, -0.05) is 0 Å². The average Bonchev–Trinajstić information content (AvgIpc) is 3.09. The van der Waals surface area contributed by atoms with E-state index >= 15 is 0 Å². The molecule has 3 heterocycles. The van der Waals surface area contributed by atoms with Gasteiger partial charge in [-0.05, 0) is 32.2 Å². The summed E-state index contributed by atoms with van der Waals surface area (Å²) in [5.74, 6) is 1.64. The van der Waals surface area contributed by atoms with E-state index in [2.05, 4.69) is 32.1 Å². The minimum Gasteiger partial charge on any atom is -0.454 e. The number of anilines is 2. The molecule has 0 saturated carbocycles. The number of nitrogens with zero attached hydrogens (tertiary/aromatic N) is 4. The van der Waals surface area contributed by atoms with Gasteiger partial charge in [-0.2, -0.15) is 0 Å². The second-order valence-corrected chi connectivity index (χ2v) is 6.51. The Hall–Kier alpha value is -2.87. The minimum atomic E-state index is -0.273. The number of benzene rings is 1. The number of piperazine rings is 1. The highest BCUT2D eigenvalue weighted by Gasteiger charge is 2.20. The minimum absolute atomic E-state index is 0.201. The highest BCUT2D eigenvalue weighted by atomic mass is 16.7. The van der Waals surface area contributed by atoms with Crippen LogP contribution < -0.4 is 19.7 Å². The molecule has 2 aliphatic rings. The number of rotatable bonds is 3. The summed E-state index contributed by atoms with van der Waals surface area (Å²) in [6.45, 7) is 5.68. The van der Waals surface area contributed by atoms with Crippen LogP contribution in [0, 0.1) is 6.92 Å². The van der Waals surface area contributed by atoms with E-state index in [1.165, 1.54) is 0 Å². The lowest BCUT2D eigenvalue weighted by Gasteiger charge is -2.32. The van der Waals surface area contributed by atoms with Gasteiger partial charge in [-0.3, -0.25) is 4.79 Å². The molecule has 1 saturated heterocycles. The molecule has 2 aromatic rings. The highest BCUT2D eigenvalue weighted by Crippen LogP contribution is 2.34. The van der Waals surface area contributed by atoms with E-state index in [1.807, 2.05) is 6.92 Å². The molecule has 0 spiro atoms. The van der Waals surface area contributed by atoms with E-state index in [0.717, 1.165) is 31.9 Å². The SMILES string of the molecule is Cc1cc(C(=O)Nc2ccc3c(c2)OCO3)nc(N2CCN(C)CC2)n1. The van der Waals surface area contributed by atoms with Gasteiger partial charge in [0.2, 0.25) is 12.7 Å². The third-order valence-corrected chi connectivity index (χ3v) is 4.49. The Morgan fingerprint density at radius 1 is 1.08 bits per heavy atom. The molecule has 136 valence electrons. The molecule has 0 unspecified atom stereocenters. The predicted molar refractivity (Wildman–Crippen MR) is 97.0 cm³/mol. The van der Waals surface area contributed by atoms with Crippen LogP contribution in [-0.2, 0) is 0 Å². The van der Waals surface area contributed by atoms with Crippen LogP contribution in [0.15, 0.2) is 24.3 Å². The topological polar surface area (TPSA) is 79.8 Å². The first-order valence-electron chi connectivity index (χ1n) is 8.59. The molecule has 0 radical (unpaired) electrons. The summed E-state index contributed by atoms with van der Waals surface area (Å²) in [5.41, 5.74) is 1.76. The van der Waals surface area contributed by atoms with Crippen LogP contribution in [0.2, 0.25) is 0 Å². The molecular formula is C18H21N5O3. The van der Waals surface area contributed by atoms with Gasteiger partial charge in [0.05, 0.1) is 0 Å². The third-order valence-electron chi connectivity index (χ3n) is 4.49. The van der Waals surface area contributed by atoms with Crippen molar-refractivity contribution in [3.05, 3.63) is 35.7 Å². The first-order chi connectivity index (χ1) is 12.6. The summed E-state index contributed by atoms with van der Waals surface area (Å²) in [7, 11) is 2.10. The number of aromatic nitrogens is 2. The number of amides is 1. The lowest BCUT2D eigenvalue weighted by molar-refractivity contribution is 0.102. The van der Waals surface area contributed by atoms with Crippen molar-refractivity contribution in [3.63, 3.8) is 0 Å². The van der Waals surface area contributed by atoms with E-state index in [0.29, 0.717) is 28.8 Å². The van der Waals surface area contributed by atoms with Gasteiger partial charge in [0.1, 0.15) is 5.69 Å². The van der Waals surface area contributed by atoms with E-state index in [1.54, 1.807) is 24.3 Å². The predicted octanol–water partition coefficient (Wildman–Crippen LogP) is 1.52. The van der Waals surface area contributed by atoms with Crippen molar-refractivity contribution in [2.24, 2.45) is 0 Å². The van der Waals surface area contributed by atoms with Gasteiger partial charge in [0.25, 0.3) is 5.91 Å². The van der Waals surface area contributed by atoms with Gasteiger partial charge in [-0.15, -0.1) is 0 Å². The van der Waals surface area contributed by atoms with Crippen molar-refractivity contribution < 1.29 is 14.3 Å². The van der Waals surface area contributed by atoms with Crippen LogP contribution >= 0.6 is 0 Å². The van der Waals surface area contributed by atoms with Crippen LogP contribution in [0.25, 0.3) is 0 Å². The number of carbonyl (C=O) groups excluding carboxylic acids is 1. The summed E-state index contributed by atoms with van der Waals surface area (Å²) >= 11 is 0. The highest BCUT2D eigenvalue weighted by molar-refractivity contribution is 6.03. The molecule has 8 heteroatoms. The van der Waals surface area contributed by atoms with Crippen LogP contribution in [0.3, 0.4) is 0 Å². The van der Waals surface area contributed by atoms with E-state index < -0.39 is 0 Å². The fourth-order valence-electron chi connectivity index (χ4n) is 2.99. The zero-order valence-corrected chi connectivity index (χ0v) is 14.9. The van der Waals surface area contributed by atoms with Crippen molar-refractivity contribution in [1.29, 1.82) is 0 Å². The molecule has 4 rings (SSSR count). The number of hydrogen-bond acceptors (Lipinski definition) is 7. The van der Waals surface area contributed by atoms with Crippen LogP contribution in [0.1, 0.15) is 16.2 Å². The average molecular weight is 355 g/mol. The third kappa shape index (κ3) is 3.41. The fourth-order valence-corrected chi connectivity index (χ4v) is 2.99. The number of carbonyl (C=O) groups is 1. The summed E-state index contributed by atoms with van der Waals surface area (Å²) < 4.78 is 10.6. The Morgan fingerprint density at radius 2 is 1.85 bits per heavy atom. The maximum atomic E-state index is 12.7. The number of nitrogens with one attached hydrogen (secondary N) is 1. The van der Waals surface area contributed by atoms with Crippen molar-refractivity contribution in [1.82, 2.24) is 14.9 Å². The molecule has 0 bridgehead atoms. The van der Waals surface area contributed by atoms with Crippen molar-refractivity contribution in [2.45, 2.75) is 6.92 Å². The maximum absolute atomic E-state index is 12.7. The zero-order valence-electron chi connectivity index (χ0n) is 14.9. The van der Waals surface area contributed by atoms with Gasteiger partial charge in [-0.25, -0.2) is 9.97 Å². The smallest absolute Gasteiger partial charge is 0.274 e. The van der Waals surface area contributed by atoms with Crippen molar-refractivity contribution in [2.75, 3.05) is 50.2 Å². The fraction of sp³-hybridized carbons (Fsp3) is 0.389. The molecule has 1 N–H and O–H groups in total. The first kappa shape index (κ1) is 16.6. The normalized spacial score (nSPS) is 16.6. The zero-order chi connectivity index (χ0) is 18.1. The largest absolute Gasteiger partial charge is 0.454 e. The Morgan fingerprint density at radius 3 is 2.65 bits per heavy atom. The number of hydrogen-bond donors (Lipinski definition) is 1. The quantitative estimate of drug-likeness (QED) is 0.894. The van der Waals surface area contributed by atoms with Crippen LogP contribution in [-0.4, -0.2) is 60.8 Å². The summed E-state index contributed by atoms with van der Waals surface area (Å²) in [6.07, 6.45) is 0. The summed E-state index contributed by atoms with van der Waals surface area (Å²) in [4.78, 5) is 26.0. The monoisotopic (exact) mass is 355 g/mol. The Balaban J connectivity index is 1.52. The van der Waals surface area contributed by atoms with E-state index in [9.17, 15) is 4.79 Å². The molecule has 1 fully saturated rings. The molecular weight excluding hydrogens is 334 g/mol. The van der Waals surface area contributed by atoms with Gasteiger partial charge in [0.15, 0.2) is 11.5 Å². The molecule has 1 aromatic heterocycles. The summed E-state index contributed by atoms with van der Waals surface area (Å²) in [6, 6.07) is 7.00. The summed E-state index contributed by atoms with van der Waals surface area (Å²) in [5, 5.41) is 2.86. The van der Waals surface area contributed by atoms with Gasteiger partial charge < -0.3 is 24.6 Å². The maximum Gasteiger partial charge on any atom is 0.274 e. The van der Waals surface area contributed by atoms with Gasteiger partial charge >= 0.3 is 0 Å².